The normalized spacial score (nSPS) is 12.1. The van der Waals surface area contributed by atoms with E-state index < -0.39 is 6.04 Å². The van der Waals surface area contributed by atoms with Crippen LogP contribution in [0, 0.1) is 5.92 Å². The lowest BCUT2D eigenvalue weighted by molar-refractivity contribution is -0.119. The molecule has 1 atom stereocenters. The minimum atomic E-state index is -0.419. The molecule has 0 radical (unpaired) electrons. The van der Waals surface area contributed by atoms with Crippen molar-refractivity contribution in [1.82, 2.24) is 35.2 Å². The Kier molecular flexibility index (Phi) is 6.81. The third kappa shape index (κ3) is 5.14. The minimum Gasteiger partial charge on any atom is -0.343 e. The number of carbonyl (C=O) groups excluding carboxylic acids is 1. The van der Waals surface area contributed by atoms with Crippen molar-refractivity contribution in [1.29, 1.82) is 0 Å². The number of aromatic nitrogens is 6. The molecule has 0 bridgehead atoms. The Morgan fingerprint density at radius 1 is 1.25 bits per heavy atom. The summed E-state index contributed by atoms with van der Waals surface area (Å²) in [6, 6.07) is 10.5. The molecule has 3 heterocycles. The second-order valence-corrected chi connectivity index (χ2v) is 8.61. The van der Waals surface area contributed by atoms with Crippen LogP contribution in [0.25, 0.3) is 17.1 Å². The van der Waals surface area contributed by atoms with Crippen molar-refractivity contribution in [3.8, 4) is 17.1 Å². The second kappa shape index (κ2) is 9.92. The first kappa shape index (κ1) is 22.0. The lowest BCUT2D eigenvalue weighted by atomic mass is 10.0. The van der Waals surface area contributed by atoms with Gasteiger partial charge in [-0.1, -0.05) is 48.4 Å². The number of hydrogen-bond donors (Lipinski definition) is 1. The second-order valence-electron chi connectivity index (χ2n) is 7.23. The fourth-order valence-corrected chi connectivity index (χ4v) is 3.89. The average Bonchev–Trinajstić information content (AvgIpc) is 3.46. The molecular weight excluding hydrogens is 450 g/mol. The van der Waals surface area contributed by atoms with Crippen LogP contribution in [0.2, 0.25) is 5.02 Å². The molecule has 4 rings (SSSR count). The van der Waals surface area contributed by atoms with Crippen LogP contribution in [-0.4, -0.2) is 41.5 Å². The van der Waals surface area contributed by atoms with Crippen molar-refractivity contribution in [2.24, 2.45) is 5.92 Å². The number of nitrogens with zero attached hydrogens (tertiary/aromatic N) is 6. The molecule has 0 saturated heterocycles. The number of nitrogens with one attached hydrogen (secondary N) is 1. The molecule has 11 heteroatoms. The molecule has 1 N–H and O–H groups in total. The molecular formula is C21H20ClN7O2S. The Morgan fingerprint density at radius 3 is 2.81 bits per heavy atom. The third-order valence-electron chi connectivity index (χ3n) is 4.56. The molecule has 1 amide bonds. The highest BCUT2D eigenvalue weighted by atomic mass is 35.5. The number of carbonyl (C=O) groups is 1. The van der Waals surface area contributed by atoms with E-state index in [1.54, 1.807) is 47.6 Å². The smallest absolute Gasteiger partial charge is 0.249 e. The SMILES string of the molecule is CC(C)C(NC(=O)CSc1nncn1-c1cccc(Cl)c1)c1nc(-c2ccncc2)no1. The number of pyridine rings is 1. The number of halogens is 1. The molecule has 0 fully saturated rings. The van der Waals surface area contributed by atoms with E-state index in [9.17, 15) is 4.79 Å². The number of amides is 1. The summed E-state index contributed by atoms with van der Waals surface area (Å²) in [6.45, 7) is 3.95. The lowest BCUT2D eigenvalue weighted by Crippen LogP contribution is -2.33. The Labute approximate surface area is 193 Å². The summed E-state index contributed by atoms with van der Waals surface area (Å²) in [7, 11) is 0. The van der Waals surface area contributed by atoms with Gasteiger partial charge in [0.15, 0.2) is 5.16 Å². The van der Waals surface area contributed by atoms with Gasteiger partial charge in [-0.2, -0.15) is 4.98 Å². The summed E-state index contributed by atoms with van der Waals surface area (Å²) in [6.07, 6.45) is 4.90. The van der Waals surface area contributed by atoms with E-state index >= 15 is 0 Å². The van der Waals surface area contributed by atoms with Gasteiger partial charge in [0.2, 0.25) is 17.6 Å². The van der Waals surface area contributed by atoms with Crippen molar-refractivity contribution >= 4 is 29.3 Å². The van der Waals surface area contributed by atoms with Crippen LogP contribution in [0.4, 0.5) is 0 Å². The van der Waals surface area contributed by atoms with Crippen molar-refractivity contribution < 1.29 is 9.32 Å². The molecule has 1 aromatic carbocycles. The summed E-state index contributed by atoms with van der Waals surface area (Å²) in [5, 5.41) is 16.3. The summed E-state index contributed by atoms with van der Waals surface area (Å²) in [5.74, 6) is 0.815. The molecule has 4 aromatic rings. The predicted octanol–water partition coefficient (Wildman–Crippen LogP) is 3.97. The molecule has 1 unspecified atom stereocenters. The molecule has 0 spiro atoms. The van der Waals surface area contributed by atoms with Gasteiger partial charge in [0.25, 0.3) is 0 Å². The number of rotatable bonds is 8. The van der Waals surface area contributed by atoms with Gasteiger partial charge in [-0.3, -0.25) is 14.3 Å². The Hall–Kier alpha value is -3.24. The van der Waals surface area contributed by atoms with Gasteiger partial charge in [-0.25, -0.2) is 0 Å². The summed E-state index contributed by atoms with van der Waals surface area (Å²) >= 11 is 7.35. The predicted molar refractivity (Wildman–Crippen MR) is 120 cm³/mol. The molecule has 0 aliphatic rings. The van der Waals surface area contributed by atoms with Crippen LogP contribution >= 0.6 is 23.4 Å². The first-order valence-corrected chi connectivity index (χ1v) is 11.2. The maximum atomic E-state index is 12.7. The highest BCUT2D eigenvalue weighted by Gasteiger charge is 2.25. The van der Waals surface area contributed by atoms with Crippen LogP contribution in [0.3, 0.4) is 0 Å². The number of benzene rings is 1. The Morgan fingerprint density at radius 2 is 2.06 bits per heavy atom. The van der Waals surface area contributed by atoms with E-state index in [0.29, 0.717) is 21.9 Å². The Balaban J connectivity index is 1.42. The van der Waals surface area contributed by atoms with Crippen LogP contribution < -0.4 is 5.32 Å². The van der Waals surface area contributed by atoms with Crippen LogP contribution in [0.15, 0.2) is 64.8 Å². The third-order valence-corrected chi connectivity index (χ3v) is 5.74. The van der Waals surface area contributed by atoms with Gasteiger partial charge >= 0.3 is 0 Å². The molecule has 32 heavy (non-hydrogen) atoms. The standard InChI is InChI=1S/C21H20ClN7O2S/c1-13(2)18(20-26-19(28-31-20)14-6-8-23-9-7-14)25-17(30)11-32-21-27-24-12-29(21)16-5-3-4-15(22)10-16/h3-10,12-13,18H,11H2,1-2H3,(H,25,30). The quantitative estimate of drug-likeness (QED) is 0.386. The summed E-state index contributed by atoms with van der Waals surface area (Å²) in [4.78, 5) is 21.1. The maximum Gasteiger partial charge on any atom is 0.249 e. The number of thioether (sulfide) groups is 1. The zero-order valence-corrected chi connectivity index (χ0v) is 18.9. The van der Waals surface area contributed by atoms with Crippen LogP contribution in [0.1, 0.15) is 25.8 Å². The number of hydrogen-bond acceptors (Lipinski definition) is 8. The zero-order valence-electron chi connectivity index (χ0n) is 17.3. The molecule has 0 aliphatic carbocycles. The van der Waals surface area contributed by atoms with E-state index in [1.807, 2.05) is 26.0 Å². The molecule has 0 aliphatic heterocycles. The van der Waals surface area contributed by atoms with E-state index in [0.717, 1.165) is 11.3 Å². The van der Waals surface area contributed by atoms with Crippen molar-refractivity contribution in [3.63, 3.8) is 0 Å². The molecule has 3 aromatic heterocycles. The van der Waals surface area contributed by atoms with Crippen LogP contribution in [-0.2, 0) is 4.79 Å². The monoisotopic (exact) mass is 469 g/mol. The zero-order chi connectivity index (χ0) is 22.5. The van der Waals surface area contributed by atoms with Crippen LogP contribution in [0.5, 0.6) is 0 Å². The van der Waals surface area contributed by atoms with Gasteiger partial charge in [0.1, 0.15) is 12.4 Å². The van der Waals surface area contributed by atoms with E-state index in [4.69, 9.17) is 16.1 Å². The highest BCUT2D eigenvalue weighted by molar-refractivity contribution is 7.99. The van der Waals surface area contributed by atoms with E-state index in [-0.39, 0.29) is 17.6 Å². The Bertz CT molecular complexity index is 1200. The lowest BCUT2D eigenvalue weighted by Gasteiger charge is -2.18. The summed E-state index contributed by atoms with van der Waals surface area (Å²) in [5.41, 5.74) is 1.61. The van der Waals surface area contributed by atoms with Gasteiger partial charge < -0.3 is 9.84 Å². The first-order valence-electron chi connectivity index (χ1n) is 9.83. The fourth-order valence-electron chi connectivity index (χ4n) is 2.96. The van der Waals surface area contributed by atoms with Crippen molar-refractivity contribution in [2.45, 2.75) is 25.0 Å². The van der Waals surface area contributed by atoms with E-state index in [2.05, 4.69) is 30.6 Å². The fraction of sp³-hybridized carbons (Fsp3) is 0.238. The van der Waals surface area contributed by atoms with Crippen molar-refractivity contribution in [2.75, 3.05) is 5.75 Å². The van der Waals surface area contributed by atoms with Gasteiger partial charge in [0, 0.05) is 23.0 Å². The maximum absolute atomic E-state index is 12.7. The molecule has 164 valence electrons. The van der Waals surface area contributed by atoms with E-state index in [1.165, 1.54) is 11.8 Å². The first-order chi connectivity index (χ1) is 15.5. The average molecular weight is 470 g/mol. The molecule has 0 saturated carbocycles. The highest BCUT2D eigenvalue weighted by Crippen LogP contribution is 2.25. The van der Waals surface area contributed by atoms with Gasteiger partial charge in [-0.05, 0) is 36.2 Å². The molecule has 9 nitrogen and oxygen atoms in total. The van der Waals surface area contributed by atoms with Gasteiger partial charge in [0.05, 0.1) is 11.4 Å². The van der Waals surface area contributed by atoms with Gasteiger partial charge in [-0.15, -0.1) is 10.2 Å². The largest absolute Gasteiger partial charge is 0.343 e. The topological polar surface area (TPSA) is 112 Å². The minimum absolute atomic E-state index is 0.0461. The summed E-state index contributed by atoms with van der Waals surface area (Å²) < 4.78 is 7.22. The van der Waals surface area contributed by atoms with Crippen molar-refractivity contribution in [3.05, 3.63) is 66.0 Å².